The van der Waals surface area contributed by atoms with Crippen molar-refractivity contribution in [3.8, 4) is 22.5 Å². The van der Waals surface area contributed by atoms with Gasteiger partial charge in [-0.2, -0.15) is 5.10 Å². The SMILES string of the molecule is Nc1nc(-c2ccccc2)c(-c2cc(Cl)c3[nH]ncc3c2)nc1C(=O)OCC1CCCCC1. The van der Waals surface area contributed by atoms with Crippen molar-refractivity contribution in [1.29, 1.82) is 0 Å². The zero-order chi connectivity index (χ0) is 22.8. The first-order valence-electron chi connectivity index (χ1n) is 11.1. The normalized spacial score (nSPS) is 14.5. The van der Waals surface area contributed by atoms with E-state index in [1.54, 1.807) is 12.3 Å². The highest BCUT2D eigenvalue weighted by atomic mass is 35.5. The van der Waals surface area contributed by atoms with Crippen molar-refractivity contribution in [2.24, 2.45) is 5.92 Å². The number of anilines is 1. The lowest BCUT2D eigenvalue weighted by Gasteiger charge is -2.21. The summed E-state index contributed by atoms with van der Waals surface area (Å²) >= 11 is 6.49. The fourth-order valence-electron chi connectivity index (χ4n) is 4.36. The van der Waals surface area contributed by atoms with Crippen molar-refractivity contribution in [1.82, 2.24) is 20.2 Å². The molecule has 3 N–H and O–H groups in total. The van der Waals surface area contributed by atoms with Gasteiger partial charge in [0.1, 0.15) is 0 Å². The van der Waals surface area contributed by atoms with E-state index in [0.717, 1.165) is 29.3 Å². The van der Waals surface area contributed by atoms with Gasteiger partial charge in [0.25, 0.3) is 0 Å². The highest BCUT2D eigenvalue weighted by molar-refractivity contribution is 6.35. The summed E-state index contributed by atoms with van der Waals surface area (Å²) in [6, 6.07) is 13.3. The number of aromatic amines is 1. The third-order valence-corrected chi connectivity index (χ3v) is 6.41. The maximum Gasteiger partial charge on any atom is 0.360 e. The quantitative estimate of drug-likeness (QED) is 0.371. The maximum absolute atomic E-state index is 12.9. The fraction of sp³-hybridized carbons (Fsp3) is 0.280. The second kappa shape index (κ2) is 9.19. The van der Waals surface area contributed by atoms with E-state index in [1.807, 2.05) is 36.4 Å². The summed E-state index contributed by atoms with van der Waals surface area (Å²) in [4.78, 5) is 22.2. The highest BCUT2D eigenvalue weighted by Crippen LogP contribution is 2.35. The van der Waals surface area contributed by atoms with Crippen LogP contribution >= 0.6 is 11.6 Å². The summed E-state index contributed by atoms with van der Waals surface area (Å²) in [7, 11) is 0. The molecule has 168 valence electrons. The molecular formula is C25H24ClN5O2. The molecule has 5 rings (SSSR count). The zero-order valence-electron chi connectivity index (χ0n) is 18.1. The van der Waals surface area contributed by atoms with Crippen LogP contribution in [0.1, 0.15) is 42.6 Å². The number of benzene rings is 2. The van der Waals surface area contributed by atoms with Crippen molar-refractivity contribution < 1.29 is 9.53 Å². The molecule has 1 aliphatic rings. The van der Waals surface area contributed by atoms with E-state index in [1.165, 1.54) is 19.3 Å². The van der Waals surface area contributed by atoms with Crippen LogP contribution in [0, 0.1) is 5.92 Å². The van der Waals surface area contributed by atoms with E-state index in [9.17, 15) is 4.79 Å². The van der Waals surface area contributed by atoms with E-state index >= 15 is 0 Å². The van der Waals surface area contributed by atoms with Crippen LogP contribution in [0.2, 0.25) is 5.02 Å². The van der Waals surface area contributed by atoms with E-state index < -0.39 is 5.97 Å². The second-order valence-electron chi connectivity index (χ2n) is 8.42. The Kier molecular flexibility index (Phi) is 5.96. The lowest BCUT2D eigenvalue weighted by atomic mass is 9.90. The van der Waals surface area contributed by atoms with Gasteiger partial charge in [0.2, 0.25) is 0 Å². The number of nitrogen functional groups attached to an aromatic ring is 1. The first-order chi connectivity index (χ1) is 16.1. The summed E-state index contributed by atoms with van der Waals surface area (Å²) in [5.74, 6) is -0.120. The number of aromatic nitrogens is 4. The molecule has 0 radical (unpaired) electrons. The Labute approximate surface area is 196 Å². The molecule has 33 heavy (non-hydrogen) atoms. The smallest absolute Gasteiger partial charge is 0.360 e. The van der Waals surface area contributed by atoms with Gasteiger partial charge < -0.3 is 10.5 Å². The van der Waals surface area contributed by atoms with Crippen LogP contribution in [0.25, 0.3) is 33.4 Å². The summed E-state index contributed by atoms with van der Waals surface area (Å²) in [6.07, 6.45) is 7.45. The number of rotatable bonds is 5. The number of nitrogens with two attached hydrogens (primary N) is 1. The number of hydrogen-bond donors (Lipinski definition) is 2. The molecule has 0 saturated heterocycles. The monoisotopic (exact) mass is 461 g/mol. The molecule has 2 aromatic heterocycles. The molecule has 8 heteroatoms. The Morgan fingerprint density at radius 3 is 2.61 bits per heavy atom. The summed E-state index contributed by atoms with van der Waals surface area (Å²) in [5.41, 5.74) is 9.57. The fourth-order valence-corrected chi connectivity index (χ4v) is 4.63. The topological polar surface area (TPSA) is 107 Å². The standard InChI is InChI=1S/C25H24ClN5O2/c26-19-12-17(11-18-13-28-31-20(18)19)22-21(16-9-5-2-6-10-16)30-24(27)23(29-22)25(32)33-14-15-7-3-1-4-8-15/h2,5-6,9-13,15H,1,3-4,7-8,14H2,(H2,27,30)(H,28,31). The predicted octanol–water partition coefficient (Wildman–Crippen LogP) is 5.66. The lowest BCUT2D eigenvalue weighted by molar-refractivity contribution is 0.0404. The van der Waals surface area contributed by atoms with Gasteiger partial charge >= 0.3 is 5.97 Å². The Hall–Kier alpha value is -3.45. The number of ether oxygens (including phenoxy) is 1. The van der Waals surface area contributed by atoms with Crippen molar-refractivity contribution in [3.05, 3.63) is 59.4 Å². The van der Waals surface area contributed by atoms with Crippen LogP contribution in [-0.4, -0.2) is 32.7 Å². The minimum Gasteiger partial charge on any atom is -0.461 e. The molecule has 1 aliphatic carbocycles. The van der Waals surface area contributed by atoms with Crippen molar-refractivity contribution in [3.63, 3.8) is 0 Å². The number of carbonyl (C=O) groups is 1. The van der Waals surface area contributed by atoms with Crippen molar-refractivity contribution in [2.45, 2.75) is 32.1 Å². The molecule has 2 aromatic carbocycles. The number of nitrogens with zero attached hydrogens (tertiary/aromatic N) is 3. The second-order valence-corrected chi connectivity index (χ2v) is 8.82. The summed E-state index contributed by atoms with van der Waals surface area (Å²) in [6.45, 7) is 0.378. The molecule has 1 saturated carbocycles. The van der Waals surface area contributed by atoms with E-state index in [0.29, 0.717) is 34.5 Å². The summed E-state index contributed by atoms with van der Waals surface area (Å²) in [5, 5.41) is 8.28. The molecule has 4 aromatic rings. The third kappa shape index (κ3) is 4.41. The van der Waals surface area contributed by atoms with Crippen LogP contribution in [-0.2, 0) is 4.74 Å². The van der Waals surface area contributed by atoms with E-state index in [2.05, 4.69) is 20.2 Å². The number of halogens is 1. The van der Waals surface area contributed by atoms with Gasteiger partial charge in [-0.1, -0.05) is 61.2 Å². The molecule has 0 aliphatic heterocycles. The first kappa shape index (κ1) is 21.4. The molecule has 0 bridgehead atoms. The highest BCUT2D eigenvalue weighted by Gasteiger charge is 2.23. The minimum absolute atomic E-state index is 0.0175. The lowest BCUT2D eigenvalue weighted by Crippen LogP contribution is -2.19. The van der Waals surface area contributed by atoms with Gasteiger partial charge in [0, 0.05) is 16.5 Å². The van der Waals surface area contributed by atoms with E-state index in [-0.39, 0.29) is 11.5 Å². The summed E-state index contributed by atoms with van der Waals surface area (Å²) < 4.78 is 5.60. The number of carbonyl (C=O) groups excluding carboxylic acids is 1. The van der Waals surface area contributed by atoms with Crippen LogP contribution in [0.5, 0.6) is 0 Å². The molecule has 0 atom stereocenters. The predicted molar refractivity (Wildman–Crippen MR) is 129 cm³/mol. The largest absolute Gasteiger partial charge is 0.461 e. The van der Waals surface area contributed by atoms with Crippen LogP contribution in [0.3, 0.4) is 0 Å². The number of fused-ring (bicyclic) bond motifs is 1. The van der Waals surface area contributed by atoms with E-state index in [4.69, 9.17) is 22.1 Å². The van der Waals surface area contributed by atoms with Crippen LogP contribution < -0.4 is 5.73 Å². The molecule has 0 spiro atoms. The molecule has 2 heterocycles. The van der Waals surface area contributed by atoms with Crippen molar-refractivity contribution >= 4 is 34.3 Å². The van der Waals surface area contributed by atoms with Crippen molar-refractivity contribution in [2.75, 3.05) is 12.3 Å². The average molecular weight is 462 g/mol. The van der Waals surface area contributed by atoms with Gasteiger partial charge in [-0.25, -0.2) is 14.8 Å². The number of nitrogens with one attached hydrogen (secondary N) is 1. The maximum atomic E-state index is 12.9. The Bertz CT molecular complexity index is 1300. The average Bonchev–Trinajstić information content (AvgIpc) is 3.33. The van der Waals surface area contributed by atoms with Gasteiger partial charge in [-0.3, -0.25) is 5.10 Å². The van der Waals surface area contributed by atoms with Gasteiger partial charge in [0.05, 0.1) is 34.7 Å². The molecule has 0 unspecified atom stereocenters. The third-order valence-electron chi connectivity index (χ3n) is 6.11. The van der Waals surface area contributed by atoms with Crippen LogP contribution in [0.15, 0.2) is 48.7 Å². The number of hydrogen-bond acceptors (Lipinski definition) is 6. The van der Waals surface area contributed by atoms with Gasteiger partial charge in [-0.15, -0.1) is 0 Å². The Morgan fingerprint density at radius 1 is 1.06 bits per heavy atom. The van der Waals surface area contributed by atoms with Crippen LogP contribution in [0.4, 0.5) is 5.82 Å². The number of H-pyrrole nitrogens is 1. The van der Waals surface area contributed by atoms with Gasteiger partial charge in [-0.05, 0) is 30.9 Å². The first-order valence-corrected chi connectivity index (χ1v) is 11.5. The zero-order valence-corrected chi connectivity index (χ0v) is 18.8. The molecule has 1 fully saturated rings. The molecular weight excluding hydrogens is 438 g/mol. The van der Waals surface area contributed by atoms with Gasteiger partial charge in [0.15, 0.2) is 11.5 Å². The molecule has 0 amide bonds. The Morgan fingerprint density at radius 2 is 1.82 bits per heavy atom. The molecule has 7 nitrogen and oxygen atoms in total. The number of esters is 1. The Balaban J connectivity index is 1.56. The minimum atomic E-state index is -0.554.